The predicted molar refractivity (Wildman–Crippen MR) is 89.9 cm³/mol. The van der Waals surface area contributed by atoms with E-state index in [1.807, 2.05) is 0 Å². The second kappa shape index (κ2) is 11.1. The van der Waals surface area contributed by atoms with Crippen LogP contribution in [0.1, 0.15) is 23.2 Å². The first-order valence-corrected chi connectivity index (χ1v) is 7.53. The number of methoxy groups -OCH3 is 1. The molecule has 1 aromatic rings. The maximum Gasteiger partial charge on any atom is 0.306 e. The molecule has 0 aromatic heterocycles. The molecule has 1 aromatic carbocycles. The number of hydrogen-bond donors (Lipinski definition) is 3. The van der Waals surface area contributed by atoms with Gasteiger partial charge >= 0.3 is 5.97 Å². The van der Waals surface area contributed by atoms with Crippen LogP contribution in [0.2, 0.25) is 0 Å². The normalized spacial score (nSPS) is 9.71. The van der Waals surface area contributed by atoms with Crippen molar-refractivity contribution in [3.05, 3.63) is 35.9 Å². The van der Waals surface area contributed by atoms with E-state index in [1.54, 1.807) is 30.3 Å². The summed E-state index contributed by atoms with van der Waals surface area (Å²) in [5, 5.41) is 2.27. The van der Waals surface area contributed by atoms with E-state index in [-0.39, 0.29) is 24.6 Å². The quantitative estimate of drug-likeness (QED) is 0.280. The average molecular weight is 353 g/mol. The van der Waals surface area contributed by atoms with Gasteiger partial charge < -0.3 is 14.8 Å². The molecule has 0 aliphatic carbocycles. The summed E-state index contributed by atoms with van der Waals surface area (Å²) in [5.74, 6) is -1.36. The highest BCUT2D eigenvalue weighted by Gasteiger charge is 2.10. The van der Waals surface area contributed by atoms with E-state index in [4.69, 9.17) is 21.7 Å². The molecule has 3 N–H and O–H groups in total. The maximum atomic E-state index is 11.8. The molecule has 1 rings (SSSR count). The fourth-order valence-corrected chi connectivity index (χ4v) is 1.69. The van der Waals surface area contributed by atoms with E-state index in [2.05, 4.69) is 16.2 Å². The lowest BCUT2D eigenvalue weighted by molar-refractivity contribution is -0.146. The maximum absolute atomic E-state index is 11.8. The van der Waals surface area contributed by atoms with Crippen molar-refractivity contribution in [1.29, 1.82) is 0 Å². The molecule has 130 valence electrons. The zero-order valence-electron chi connectivity index (χ0n) is 13.2. The Morgan fingerprint density at radius 1 is 1.04 bits per heavy atom. The van der Waals surface area contributed by atoms with E-state index in [0.29, 0.717) is 12.2 Å². The van der Waals surface area contributed by atoms with Crippen LogP contribution in [0.3, 0.4) is 0 Å². The van der Waals surface area contributed by atoms with Crippen LogP contribution >= 0.6 is 12.2 Å². The van der Waals surface area contributed by atoms with E-state index in [9.17, 15) is 14.4 Å². The SMILES string of the molecule is COCCOC(=O)CCC(=O)NC(=S)NNC(=O)c1ccccc1. The zero-order chi connectivity index (χ0) is 17.8. The van der Waals surface area contributed by atoms with Crippen molar-refractivity contribution in [2.45, 2.75) is 12.8 Å². The number of rotatable bonds is 7. The molecule has 0 unspecified atom stereocenters. The van der Waals surface area contributed by atoms with Gasteiger partial charge in [0.25, 0.3) is 5.91 Å². The highest BCUT2D eigenvalue weighted by molar-refractivity contribution is 7.80. The van der Waals surface area contributed by atoms with Gasteiger partial charge in [0, 0.05) is 19.1 Å². The van der Waals surface area contributed by atoms with Gasteiger partial charge in [0.1, 0.15) is 6.61 Å². The van der Waals surface area contributed by atoms with E-state index in [0.717, 1.165) is 0 Å². The van der Waals surface area contributed by atoms with E-state index >= 15 is 0 Å². The number of carbonyl (C=O) groups excluding carboxylic acids is 3. The smallest absolute Gasteiger partial charge is 0.306 e. The number of hydrogen-bond acceptors (Lipinski definition) is 6. The Balaban J connectivity index is 2.21. The van der Waals surface area contributed by atoms with Gasteiger partial charge in [-0.25, -0.2) is 0 Å². The first kappa shape index (κ1) is 19.5. The second-order valence-corrected chi connectivity index (χ2v) is 4.94. The van der Waals surface area contributed by atoms with Crippen molar-refractivity contribution in [1.82, 2.24) is 16.2 Å². The topological polar surface area (TPSA) is 106 Å². The van der Waals surface area contributed by atoms with Crippen molar-refractivity contribution in [2.24, 2.45) is 0 Å². The van der Waals surface area contributed by atoms with Gasteiger partial charge in [-0.15, -0.1) is 0 Å². The summed E-state index contributed by atoms with van der Waals surface area (Å²) in [4.78, 5) is 34.7. The Morgan fingerprint density at radius 3 is 2.42 bits per heavy atom. The Hall–Kier alpha value is -2.52. The van der Waals surface area contributed by atoms with Crippen LogP contribution in [0.5, 0.6) is 0 Å². The van der Waals surface area contributed by atoms with Gasteiger partial charge in [0.05, 0.1) is 13.0 Å². The molecule has 0 aliphatic heterocycles. The number of ether oxygens (including phenoxy) is 2. The number of thiocarbonyl (C=S) groups is 1. The molecule has 0 aliphatic rings. The standard InChI is InChI=1S/C15H19N3O5S/c1-22-9-10-23-13(20)8-7-12(19)16-15(24)18-17-14(21)11-5-3-2-4-6-11/h2-6H,7-10H2,1H3,(H,17,21)(H2,16,18,19,24). The third-order valence-electron chi connectivity index (χ3n) is 2.69. The molecule has 0 atom stereocenters. The Kier molecular flexibility index (Phi) is 9.02. The summed E-state index contributed by atoms with van der Waals surface area (Å²) in [7, 11) is 1.49. The largest absolute Gasteiger partial charge is 0.463 e. The van der Waals surface area contributed by atoms with Crippen molar-refractivity contribution in [2.75, 3.05) is 20.3 Å². The molecule has 0 radical (unpaired) electrons. The highest BCUT2D eigenvalue weighted by atomic mass is 32.1. The van der Waals surface area contributed by atoms with Crippen LogP contribution < -0.4 is 16.2 Å². The van der Waals surface area contributed by atoms with Gasteiger partial charge in [0.2, 0.25) is 5.91 Å². The molecule has 8 nitrogen and oxygen atoms in total. The fraction of sp³-hybridized carbons (Fsp3) is 0.333. The number of hydrazine groups is 1. The Morgan fingerprint density at radius 2 is 1.75 bits per heavy atom. The Bertz CT molecular complexity index is 580. The van der Waals surface area contributed by atoms with Gasteiger partial charge in [-0.05, 0) is 24.4 Å². The summed E-state index contributed by atoms with van der Waals surface area (Å²) >= 11 is 4.87. The van der Waals surface area contributed by atoms with Crippen molar-refractivity contribution < 1.29 is 23.9 Å². The molecule has 0 spiro atoms. The fourth-order valence-electron chi connectivity index (χ4n) is 1.52. The summed E-state index contributed by atoms with van der Waals surface area (Å²) in [5.41, 5.74) is 5.20. The number of nitrogens with one attached hydrogen (secondary N) is 3. The predicted octanol–water partition coefficient (Wildman–Crippen LogP) is 0.292. The molecule has 0 saturated heterocycles. The van der Waals surface area contributed by atoms with Crippen LogP contribution in [0.25, 0.3) is 0 Å². The lowest BCUT2D eigenvalue weighted by atomic mass is 10.2. The van der Waals surface area contributed by atoms with Crippen LogP contribution in [-0.2, 0) is 19.1 Å². The summed E-state index contributed by atoms with van der Waals surface area (Å²) < 4.78 is 9.55. The van der Waals surface area contributed by atoms with Gasteiger partial charge in [0.15, 0.2) is 5.11 Å². The summed E-state index contributed by atoms with van der Waals surface area (Å²) in [6, 6.07) is 8.50. The monoisotopic (exact) mass is 353 g/mol. The first-order chi connectivity index (χ1) is 11.5. The van der Waals surface area contributed by atoms with E-state index in [1.165, 1.54) is 7.11 Å². The minimum Gasteiger partial charge on any atom is -0.463 e. The van der Waals surface area contributed by atoms with Crippen molar-refractivity contribution in [3.8, 4) is 0 Å². The van der Waals surface area contributed by atoms with Gasteiger partial charge in [-0.1, -0.05) is 18.2 Å². The molecule has 0 bridgehead atoms. The number of carbonyl (C=O) groups is 3. The summed E-state index contributed by atoms with van der Waals surface area (Å²) in [6.07, 6.45) is -0.158. The van der Waals surface area contributed by atoms with Crippen LogP contribution in [0.15, 0.2) is 30.3 Å². The minimum absolute atomic E-state index is 0.0722. The highest BCUT2D eigenvalue weighted by Crippen LogP contribution is 1.97. The first-order valence-electron chi connectivity index (χ1n) is 7.12. The van der Waals surface area contributed by atoms with Crippen LogP contribution in [-0.4, -0.2) is 43.2 Å². The van der Waals surface area contributed by atoms with Gasteiger partial charge in [-0.3, -0.25) is 25.2 Å². The van der Waals surface area contributed by atoms with Crippen molar-refractivity contribution in [3.63, 3.8) is 0 Å². The molecule has 0 fully saturated rings. The van der Waals surface area contributed by atoms with Gasteiger partial charge in [-0.2, -0.15) is 0 Å². The number of benzene rings is 1. The minimum atomic E-state index is -0.501. The lowest BCUT2D eigenvalue weighted by Crippen LogP contribution is -2.48. The molecular formula is C15H19N3O5S. The second-order valence-electron chi connectivity index (χ2n) is 4.54. The molecule has 0 saturated carbocycles. The molecule has 0 heterocycles. The van der Waals surface area contributed by atoms with Crippen LogP contribution in [0, 0.1) is 0 Å². The molecule has 24 heavy (non-hydrogen) atoms. The average Bonchev–Trinajstić information content (AvgIpc) is 2.59. The molecule has 9 heteroatoms. The lowest BCUT2D eigenvalue weighted by Gasteiger charge is -2.10. The number of amides is 2. The molecular weight excluding hydrogens is 334 g/mol. The zero-order valence-corrected chi connectivity index (χ0v) is 14.0. The summed E-state index contributed by atoms with van der Waals surface area (Å²) in [6.45, 7) is 0.440. The Labute approximate surface area is 144 Å². The van der Waals surface area contributed by atoms with Crippen molar-refractivity contribution >= 4 is 35.1 Å². The van der Waals surface area contributed by atoms with Crippen LogP contribution in [0.4, 0.5) is 0 Å². The third kappa shape index (κ3) is 8.20. The van der Waals surface area contributed by atoms with E-state index < -0.39 is 17.8 Å². The number of esters is 1. The molecule has 2 amide bonds. The third-order valence-corrected chi connectivity index (χ3v) is 2.89.